The predicted molar refractivity (Wildman–Crippen MR) is 101 cm³/mol. The number of amides is 1. The smallest absolute Gasteiger partial charge is 0.263 e. The van der Waals surface area contributed by atoms with Gasteiger partial charge in [0.25, 0.3) is 5.91 Å². The lowest BCUT2D eigenvalue weighted by Crippen LogP contribution is -2.26. The fourth-order valence-electron chi connectivity index (χ4n) is 2.61. The van der Waals surface area contributed by atoms with Crippen LogP contribution in [-0.2, 0) is 20.9 Å². The largest absolute Gasteiger partial charge is 0.397 e. The van der Waals surface area contributed by atoms with Gasteiger partial charge in [-0.1, -0.05) is 0 Å². The van der Waals surface area contributed by atoms with Crippen LogP contribution < -0.4 is 11.1 Å². The van der Waals surface area contributed by atoms with Crippen molar-refractivity contribution in [1.29, 1.82) is 0 Å². The van der Waals surface area contributed by atoms with Gasteiger partial charge in [-0.05, 0) is 25.5 Å². The Hall–Kier alpha value is -2.32. The summed E-state index contributed by atoms with van der Waals surface area (Å²) in [5.41, 5.74) is 8.28. The monoisotopic (exact) mass is 377 g/mol. The van der Waals surface area contributed by atoms with Crippen LogP contribution in [0, 0.1) is 6.92 Å². The van der Waals surface area contributed by atoms with Gasteiger partial charge in [0.1, 0.15) is 21.3 Å². The first-order chi connectivity index (χ1) is 12.3. The van der Waals surface area contributed by atoms with Crippen molar-refractivity contribution in [2.75, 3.05) is 19.4 Å². The number of Topliss-reactive ketones (excluding diaryl/α,β-unsaturated/α-hetero) is 2. The molecule has 2 aromatic heterocycles. The molecule has 2 aromatic rings. The normalized spacial score (nSPS) is 10.9. The molecule has 2 heterocycles. The molecule has 0 spiro atoms. The Morgan fingerprint density at radius 2 is 2.00 bits per heavy atom. The van der Waals surface area contributed by atoms with E-state index in [1.165, 1.54) is 18.3 Å². The standard InChI is InChI=1S/C18H23N3O4S/c1-10-8-12(9-25-3)14-15(19)16(26-18(14)21-10)17(24)20-7-6-13(23)5-4-11(2)22/h8H,4-7,9,19H2,1-3H3,(H,20,24). The lowest BCUT2D eigenvalue weighted by molar-refractivity contribution is -0.123. The summed E-state index contributed by atoms with van der Waals surface area (Å²) in [6.45, 7) is 3.92. The van der Waals surface area contributed by atoms with Gasteiger partial charge in [-0.25, -0.2) is 4.98 Å². The molecule has 0 saturated heterocycles. The van der Waals surface area contributed by atoms with E-state index >= 15 is 0 Å². The van der Waals surface area contributed by atoms with Crippen molar-refractivity contribution in [2.24, 2.45) is 0 Å². The molecule has 2 rings (SSSR count). The number of nitrogens with one attached hydrogen (secondary N) is 1. The number of carbonyl (C=O) groups is 3. The summed E-state index contributed by atoms with van der Waals surface area (Å²) in [6.07, 6.45) is 0.638. The summed E-state index contributed by atoms with van der Waals surface area (Å²) in [4.78, 5) is 40.5. The van der Waals surface area contributed by atoms with Gasteiger partial charge in [0.15, 0.2) is 0 Å². The summed E-state index contributed by atoms with van der Waals surface area (Å²) in [6, 6.07) is 1.89. The Bertz CT molecular complexity index is 845. The summed E-state index contributed by atoms with van der Waals surface area (Å²) in [7, 11) is 1.60. The number of anilines is 1. The average molecular weight is 377 g/mol. The van der Waals surface area contributed by atoms with Crippen LogP contribution in [0.2, 0.25) is 0 Å². The second-order valence-corrected chi connectivity index (χ2v) is 7.13. The number of thiophene rings is 1. The average Bonchev–Trinajstić information content (AvgIpc) is 2.89. The fourth-order valence-corrected chi connectivity index (χ4v) is 3.71. The van der Waals surface area contributed by atoms with Crippen LogP contribution in [0.25, 0.3) is 10.2 Å². The zero-order valence-electron chi connectivity index (χ0n) is 15.2. The van der Waals surface area contributed by atoms with Crippen molar-refractivity contribution in [3.05, 3.63) is 22.2 Å². The van der Waals surface area contributed by atoms with Gasteiger partial charge in [-0.15, -0.1) is 11.3 Å². The first kappa shape index (κ1) is 20.0. The van der Waals surface area contributed by atoms with Crippen LogP contribution in [0.4, 0.5) is 5.69 Å². The van der Waals surface area contributed by atoms with Gasteiger partial charge in [0, 0.05) is 44.0 Å². The molecule has 1 amide bonds. The molecule has 0 fully saturated rings. The van der Waals surface area contributed by atoms with E-state index in [0.717, 1.165) is 16.6 Å². The molecule has 26 heavy (non-hydrogen) atoms. The van der Waals surface area contributed by atoms with Crippen molar-refractivity contribution in [2.45, 2.75) is 39.7 Å². The summed E-state index contributed by atoms with van der Waals surface area (Å²) in [5, 5.41) is 3.45. The van der Waals surface area contributed by atoms with Crippen molar-refractivity contribution < 1.29 is 19.1 Å². The molecule has 3 N–H and O–H groups in total. The quantitative estimate of drug-likeness (QED) is 0.694. The van der Waals surface area contributed by atoms with E-state index in [9.17, 15) is 14.4 Å². The highest BCUT2D eigenvalue weighted by Gasteiger charge is 2.20. The molecule has 140 valence electrons. The van der Waals surface area contributed by atoms with E-state index in [0.29, 0.717) is 22.0 Å². The van der Waals surface area contributed by atoms with Crippen molar-refractivity contribution >= 4 is 44.7 Å². The first-order valence-corrected chi connectivity index (χ1v) is 9.12. The van der Waals surface area contributed by atoms with Crippen LogP contribution in [0.5, 0.6) is 0 Å². The summed E-state index contributed by atoms with van der Waals surface area (Å²) < 4.78 is 5.21. The highest BCUT2D eigenvalue weighted by atomic mass is 32.1. The van der Waals surface area contributed by atoms with Gasteiger partial charge in [-0.2, -0.15) is 0 Å². The minimum absolute atomic E-state index is 0.0184. The van der Waals surface area contributed by atoms with Crippen LogP contribution in [-0.4, -0.2) is 36.1 Å². The third kappa shape index (κ3) is 4.86. The number of hydrogen-bond acceptors (Lipinski definition) is 7. The fraction of sp³-hybridized carbons (Fsp3) is 0.444. The van der Waals surface area contributed by atoms with Crippen molar-refractivity contribution in [1.82, 2.24) is 10.3 Å². The van der Waals surface area contributed by atoms with Gasteiger partial charge in [0.2, 0.25) is 0 Å². The molecule has 7 nitrogen and oxygen atoms in total. The Morgan fingerprint density at radius 3 is 2.65 bits per heavy atom. The van der Waals surface area contributed by atoms with E-state index in [-0.39, 0.29) is 43.3 Å². The lowest BCUT2D eigenvalue weighted by atomic mass is 10.1. The molecular weight excluding hydrogens is 354 g/mol. The summed E-state index contributed by atoms with van der Waals surface area (Å²) in [5.74, 6) is -0.398. The molecule has 0 aromatic carbocycles. The van der Waals surface area contributed by atoms with Crippen LogP contribution in [0.3, 0.4) is 0 Å². The van der Waals surface area contributed by atoms with Gasteiger partial charge < -0.3 is 20.6 Å². The number of hydrogen-bond donors (Lipinski definition) is 2. The molecule has 0 aliphatic carbocycles. The molecule has 0 radical (unpaired) electrons. The Kier molecular flexibility index (Phi) is 6.82. The Morgan fingerprint density at radius 1 is 1.27 bits per heavy atom. The zero-order valence-corrected chi connectivity index (χ0v) is 16.0. The highest BCUT2D eigenvalue weighted by Crippen LogP contribution is 2.35. The minimum Gasteiger partial charge on any atom is -0.397 e. The number of ether oxygens (including phenoxy) is 1. The van der Waals surface area contributed by atoms with E-state index in [1.807, 2.05) is 13.0 Å². The topological polar surface area (TPSA) is 111 Å². The molecule has 0 saturated carbocycles. The van der Waals surface area contributed by atoms with Crippen LogP contribution in [0.1, 0.15) is 47.1 Å². The number of pyridine rings is 1. The highest BCUT2D eigenvalue weighted by molar-refractivity contribution is 7.21. The third-order valence-corrected chi connectivity index (χ3v) is 4.96. The molecular formula is C18H23N3O4S. The molecule has 0 bridgehead atoms. The number of nitrogen functional groups attached to an aromatic ring is 1. The summed E-state index contributed by atoms with van der Waals surface area (Å²) >= 11 is 1.23. The first-order valence-electron chi connectivity index (χ1n) is 8.30. The third-order valence-electron chi connectivity index (χ3n) is 3.86. The van der Waals surface area contributed by atoms with Gasteiger partial charge in [0.05, 0.1) is 12.3 Å². The van der Waals surface area contributed by atoms with E-state index in [2.05, 4.69) is 10.3 Å². The van der Waals surface area contributed by atoms with Gasteiger partial charge >= 0.3 is 0 Å². The molecule has 0 aliphatic heterocycles. The Balaban J connectivity index is 2.08. The molecule has 0 unspecified atom stereocenters. The number of ketones is 2. The zero-order chi connectivity index (χ0) is 19.3. The predicted octanol–water partition coefficient (Wildman–Crippen LogP) is 2.39. The van der Waals surface area contributed by atoms with Crippen LogP contribution in [0.15, 0.2) is 6.07 Å². The Labute approximate surface area is 155 Å². The van der Waals surface area contributed by atoms with E-state index < -0.39 is 0 Å². The second kappa shape index (κ2) is 8.86. The number of nitrogens with zero attached hydrogens (tertiary/aromatic N) is 1. The number of methoxy groups -OCH3 is 1. The van der Waals surface area contributed by atoms with E-state index in [4.69, 9.17) is 10.5 Å². The van der Waals surface area contributed by atoms with Crippen LogP contribution >= 0.6 is 11.3 Å². The number of carbonyl (C=O) groups excluding carboxylic acids is 3. The number of fused-ring (bicyclic) bond motifs is 1. The molecule has 8 heteroatoms. The maximum Gasteiger partial charge on any atom is 0.263 e. The second-order valence-electron chi connectivity index (χ2n) is 6.13. The molecule has 0 atom stereocenters. The number of rotatable bonds is 9. The minimum atomic E-state index is -0.328. The van der Waals surface area contributed by atoms with Crippen molar-refractivity contribution in [3.8, 4) is 0 Å². The maximum absolute atomic E-state index is 12.4. The number of nitrogens with two attached hydrogens (primary N) is 1. The van der Waals surface area contributed by atoms with Crippen molar-refractivity contribution in [3.63, 3.8) is 0 Å². The number of aromatic nitrogens is 1. The SMILES string of the molecule is COCc1cc(C)nc2sc(C(=O)NCCC(=O)CCC(C)=O)c(N)c12. The van der Waals surface area contributed by atoms with E-state index in [1.54, 1.807) is 7.11 Å². The number of aryl methyl sites for hydroxylation is 1. The molecule has 0 aliphatic rings. The van der Waals surface area contributed by atoms with Gasteiger partial charge in [-0.3, -0.25) is 9.59 Å². The lowest BCUT2D eigenvalue weighted by Gasteiger charge is -2.05. The maximum atomic E-state index is 12.4.